The highest BCUT2D eigenvalue weighted by atomic mass is 16.5. The average molecular weight is 237 g/mol. The van der Waals surface area contributed by atoms with E-state index in [1.165, 1.54) is 16.7 Å². The molecule has 90 valence electrons. The second-order valence-corrected chi connectivity index (χ2v) is 5.19. The van der Waals surface area contributed by atoms with Crippen LogP contribution in [0.3, 0.4) is 0 Å². The van der Waals surface area contributed by atoms with Crippen LogP contribution in [0.1, 0.15) is 22.8 Å². The molecule has 2 atom stereocenters. The van der Waals surface area contributed by atoms with Gasteiger partial charge in [0.2, 0.25) is 0 Å². The first-order valence-corrected chi connectivity index (χ1v) is 6.43. The van der Waals surface area contributed by atoms with Crippen molar-refractivity contribution in [2.75, 3.05) is 5.32 Å². The topological polar surface area (TPSA) is 21.3 Å². The van der Waals surface area contributed by atoms with Crippen molar-refractivity contribution in [2.45, 2.75) is 25.5 Å². The highest BCUT2D eigenvalue weighted by molar-refractivity contribution is 5.62. The third-order valence-electron chi connectivity index (χ3n) is 3.90. The van der Waals surface area contributed by atoms with Crippen molar-refractivity contribution in [1.29, 1.82) is 0 Å². The Morgan fingerprint density at radius 1 is 1.17 bits per heavy atom. The van der Waals surface area contributed by atoms with Gasteiger partial charge in [0.05, 0.1) is 11.7 Å². The lowest BCUT2D eigenvalue weighted by molar-refractivity contribution is 0.183. The second-order valence-electron chi connectivity index (χ2n) is 5.19. The molecule has 2 aromatic carbocycles. The van der Waals surface area contributed by atoms with Gasteiger partial charge >= 0.3 is 0 Å². The van der Waals surface area contributed by atoms with Crippen molar-refractivity contribution >= 4 is 5.69 Å². The summed E-state index contributed by atoms with van der Waals surface area (Å²) in [5.41, 5.74) is 5.13. The van der Waals surface area contributed by atoms with Crippen molar-refractivity contribution in [1.82, 2.24) is 0 Å². The first-order valence-electron chi connectivity index (χ1n) is 6.43. The molecular formula is C16H15NO. The number of hydrogen-bond acceptors (Lipinski definition) is 2. The largest absolute Gasteiger partial charge is 0.481 e. The predicted octanol–water partition coefficient (Wildman–Crippen LogP) is 3.47. The zero-order valence-electron chi connectivity index (χ0n) is 10.3. The molecule has 0 radical (unpaired) electrons. The van der Waals surface area contributed by atoms with Crippen molar-refractivity contribution < 1.29 is 4.74 Å². The monoisotopic (exact) mass is 237 g/mol. The van der Waals surface area contributed by atoms with E-state index < -0.39 is 0 Å². The summed E-state index contributed by atoms with van der Waals surface area (Å²) in [6.07, 6.45) is 1.21. The molecule has 1 aliphatic carbocycles. The van der Waals surface area contributed by atoms with Gasteiger partial charge in [0.15, 0.2) is 0 Å². The summed E-state index contributed by atoms with van der Waals surface area (Å²) >= 11 is 0. The molecule has 0 saturated heterocycles. The molecular weight excluding hydrogens is 222 g/mol. The fraction of sp³-hybridized carbons (Fsp3) is 0.250. The van der Waals surface area contributed by atoms with Crippen LogP contribution in [0.2, 0.25) is 0 Å². The summed E-state index contributed by atoms with van der Waals surface area (Å²) in [6, 6.07) is 15.3. The third-order valence-corrected chi connectivity index (χ3v) is 3.90. The Kier molecular flexibility index (Phi) is 1.95. The van der Waals surface area contributed by atoms with E-state index in [-0.39, 0.29) is 6.10 Å². The van der Waals surface area contributed by atoms with Crippen LogP contribution < -0.4 is 10.1 Å². The number of nitrogens with one attached hydrogen (secondary N) is 1. The summed E-state index contributed by atoms with van der Waals surface area (Å²) in [6.45, 7) is 2.11. The number of fused-ring (bicyclic) bond motifs is 4. The summed E-state index contributed by atoms with van der Waals surface area (Å²) < 4.78 is 6.17. The Hall–Kier alpha value is -1.96. The highest BCUT2D eigenvalue weighted by Crippen LogP contribution is 2.43. The maximum Gasteiger partial charge on any atom is 0.144 e. The van der Waals surface area contributed by atoms with Crippen LogP contribution in [-0.4, -0.2) is 6.04 Å². The molecule has 18 heavy (non-hydrogen) atoms. The van der Waals surface area contributed by atoms with Gasteiger partial charge in [-0.05, 0) is 42.2 Å². The fourth-order valence-corrected chi connectivity index (χ4v) is 3.03. The predicted molar refractivity (Wildman–Crippen MR) is 72.1 cm³/mol. The molecule has 0 fully saturated rings. The molecule has 0 aromatic heterocycles. The van der Waals surface area contributed by atoms with Gasteiger partial charge in [-0.3, -0.25) is 0 Å². The molecule has 0 saturated carbocycles. The van der Waals surface area contributed by atoms with Crippen molar-refractivity contribution in [3.63, 3.8) is 0 Å². The second kappa shape index (κ2) is 3.52. The van der Waals surface area contributed by atoms with E-state index in [9.17, 15) is 0 Å². The van der Waals surface area contributed by atoms with Crippen LogP contribution in [0.5, 0.6) is 5.75 Å². The number of rotatable bonds is 0. The number of hydrogen-bond donors (Lipinski definition) is 1. The molecule has 0 bridgehead atoms. The lowest BCUT2D eigenvalue weighted by Gasteiger charge is -2.31. The van der Waals surface area contributed by atoms with E-state index in [0.717, 1.165) is 17.9 Å². The molecule has 2 nitrogen and oxygen atoms in total. The Balaban J connectivity index is 1.77. The maximum atomic E-state index is 6.17. The van der Waals surface area contributed by atoms with Crippen LogP contribution in [0, 0.1) is 6.92 Å². The molecule has 4 rings (SSSR count). The number of ether oxygens (including phenoxy) is 1. The lowest BCUT2D eigenvalue weighted by Crippen LogP contribution is -2.32. The normalized spacial score (nSPS) is 23.4. The van der Waals surface area contributed by atoms with Gasteiger partial charge < -0.3 is 10.1 Å². The van der Waals surface area contributed by atoms with Crippen molar-refractivity contribution in [3.8, 4) is 5.75 Å². The van der Waals surface area contributed by atoms with Gasteiger partial charge in [0.1, 0.15) is 11.9 Å². The highest BCUT2D eigenvalue weighted by Gasteiger charge is 2.37. The van der Waals surface area contributed by atoms with Gasteiger partial charge in [0, 0.05) is 0 Å². The van der Waals surface area contributed by atoms with E-state index in [1.54, 1.807) is 0 Å². The quantitative estimate of drug-likeness (QED) is 0.757. The van der Waals surface area contributed by atoms with Gasteiger partial charge in [-0.2, -0.15) is 0 Å². The van der Waals surface area contributed by atoms with Crippen molar-refractivity contribution in [2.24, 2.45) is 0 Å². The van der Waals surface area contributed by atoms with Gasteiger partial charge in [-0.1, -0.05) is 30.3 Å². The number of aryl methyl sites for hydroxylation is 1. The van der Waals surface area contributed by atoms with Gasteiger partial charge in [-0.25, -0.2) is 0 Å². The molecule has 2 heteroatoms. The molecule has 1 heterocycles. The maximum absolute atomic E-state index is 6.17. The van der Waals surface area contributed by atoms with Gasteiger partial charge in [0.25, 0.3) is 0 Å². The summed E-state index contributed by atoms with van der Waals surface area (Å²) in [5.74, 6) is 0.971. The van der Waals surface area contributed by atoms with E-state index >= 15 is 0 Å². The van der Waals surface area contributed by atoms with Crippen LogP contribution in [0.4, 0.5) is 5.69 Å². The smallest absolute Gasteiger partial charge is 0.144 e. The van der Waals surface area contributed by atoms with Crippen LogP contribution in [-0.2, 0) is 6.42 Å². The van der Waals surface area contributed by atoms with E-state index in [0.29, 0.717) is 6.04 Å². The minimum Gasteiger partial charge on any atom is -0.481 e. The standard InChI is InChI=1S/C16H15NO/c1-10-6-7-15-13(8-10)17-14-9-11-4-2-3-5-12(11)16(14)18-15/h2-8,14,16-17H,9H2,1H3. The Labute approximate surface area is 107 Å². The Morgan fingerprint density at radius 3 is 3.00 bits per heavy atom. The van der Waals surface area contributed by atoms with E-state index in [2.05, 4.69) is 54.7 Å². The summed E-state index contributed by atoms with van der Waals surface area (Å²) in [7, 11) is 0. The lowest BCUT2D eigenvalue weighted by atomic mass is 10.1. The van der Waals surface area contributed by atoms with Crippen LogP contribution in [0.15, 0.2) is 42.5 Å². The fourth-order valence-electron chi connectivity index (χ4n) is 3.03. The van der Waals surface area contributed by atoms with Gasteiger partial charge in [-0.15, -0.1) is 0 Å². The first-order chi connectivity index (χ1) is 8.81. The first kappa shape index (κ1) is 10.0. The number of anilines is 1. The molecule has 0 amide bonds. The number of benzene rings is 2. The molecule has 2 aromatic rings. The Bertz CT molecular complexity index is 620. The van der Waals surface area contributed by atoms with Crippen LogP contribution >= 0.6 is 0 Å². The third kappa shape index (κ3) is 1.35. The van der Waals surface area contributed by atoms with E-state index in [4.69, 9.17) is 4.74 Å². The Morgan fingerprint density at radius 2 is 2.06 bits per heavy atom. The zero-order valence-corrected chi connectivity index (χ0v) is 10.3. The minimum absolute atomic E-state index is 0.163. The summed E-state index contributed by atoms with van der Waals surface area (Å²) in [4.78, 5) is 0. The van der Waals surface area contributed by atoms with E-state index in [1.807, 2.05) is 0 Å². The molecule has 0 spiro atoms. The summed E-state index contributed by atoms with van der Waals surface area (Å²) in [5, 5.41) is 3.62. The molecule has 1 aliphatic heterocycles. The van der Waals surface area contributed by atoms with Crippen molar-refractivity contribution in [3.05, 3.63) is 59.2 Å². The molecule has 1 N–H and O–H groups in total. The molecule has 2 unspecified atom stereocenters. The molecule has 2 aliphatic rings. The SMILES string of the molecule is Cc1ccc2c(c1)NC1Cc3ccccc3C1O2. The zero-order chi connectivity index (χ0) is 12.1. The average Bonchev–Trinajstić information content (AvgIpc) is 2.73. The minimum atomic E-state index is 0.163. The van der Waals surface area contributed by atoms with Crippen LogP contribution in [0.25, 0.3) is 0 Å².